The van der Waals surface area contributed by atoms with Crippen LogP contribution < -0.4 is 4.90 Å². The summed E-state index contributed by atoms with van der Waals surface area (Å²) in [7, 11) is 0. The van der Waals surface area contributed by atoms with Crippen LogP contribution in [0.1, 0.15) is 15.4 Å². The molecule has 29 heavy (non-hydrogen) atoms. The van der Waals surface area contributed by atoms with Gasteiger partial charge in [0, 0.05) is 36.6 Å². The number of hydrogen-bond acceptors (Lipinski definition) is 6. The van der Waals surface area contributed by atoms with Crippen LogP contribution in [0.5, 0.6) is 0 Å². The molecule has 0 aliphatic carbocycles. The maximum Gasteiger partial charge on any atom is 0.289 e. The van der Waals surface area contributed by atoms with Gasteiger partial charge in [0.15, 0.2) is 11.6 Å². The molecule has 0 atom stereocenters. The normalized spacial score (nSPS) is 14.5. The van der Waals surface area contributed by atoms with E-state index in [0.717, 1.165) is 40.5 Å². The van der Waals surface area contributed by atoms with Crippen molar-refractivity contribution in [3.8, 4) is 11.4 Å². The first-order valence-corrected chi connectivity index (χ1v) is 10.4. The number of hydrogen-bond donors (Lipinski definition) is 0. The van der Waals surface area contributed by atoms with Gasteiger partial charge in [0.1, 0.15) is 10.6 Å². The number of amides is 1. The predicted octanol–water partition coefficient (Wildman–Crippen LogP) is 4.22. The summed E-state index contributed by atoms with van der Waals surface area (Å²) >= 11 is 1.69. The molecule has 1 aliphatic rings. The smallest absolute Gasteiger partial charge is 0.289 e. The zero-order valence-electron chi connectivity index (χ0n) is 16.0. The Hall–Kier alpha value is -3.19. The topological polar surface area (TPSA) is 62.5 Å². The minimum absolute atomic E-state index is 0.0566. The van der Waals surface area contributed by atoms with E-state index in [-0.39, 0.29) is 5.91 Å². The van der Waals surface area contributed by atoms with Crippen molar-refractivity contribution in [1.29, 1.82) is 0 Å². The molecular weight excluding hydrogens is 384 g/mol. The maximum atomic E-state index is 12.5. The lowest BCUT2D eigenvalue weighted by atomic mass is 10.2. The van der Waals surface area contributed by atoms with Gasteiger partial charge in [0.2, 0.25) is 0 Å². The Balaban J connectivity index is 1.45. The van der Waals surface area contributed by atoms with Crippen LogP contribution in [-0.4, -0.2) is 47.0 Å². The Morgan fingerprint density at radius 3 is 2.55 bits per heavy atom. The molecular formula is C22H20N4O2S. The lowest BCUT2D eigenvalue weighted by Crippen LogP contribution is -2.49. The fraction of sp³-hybridized carbons (Fsp3) is 0.227. The van der Waals surface area contributed by atoms with Crippen LogP contribution in [0.2, 0.25) is 0 Å². The average molecular weight is 404 g/mol. The summed E-state index contributed by atoms with van der Waals surface area (Å²) in [5.41, 5.74) is 1.01. The fourth-order valence-electron chi connectivity index (χ4n) is 3.66. The molecule has 1 saturated heterocycles. The van der Waals surface area contributed by atoms with Gasteiger partial charge in [-0.25, -0.2) is 9.97 Å². The van der Waals surface area contributed by atoms with Crippen LogP contribution in [-0.2, 0) is 0 Å². The Kier molecular flexibility index (Phi) is 4.52. The Morgan fingerprint density at radius 2 is 1.83 bits per heavy atom. The zero-order chi connectivity index (χ0) is 19.8. The first kappa shape index (κ1) is 17.9. The number of anilines is 1. The molecule has 1 fully saturated rings. The molecule has 1 aromatic carbocycles. The van der Waals surface area contributed by atoms with Gasteiger partial charge in [0.05, 0.1) is 11.6 Å². The van der Waals surface area contributed by atoms with Gasteiger partial charge in [-0.05, 0) is 25.1 Å². The SMILES string of the molecule is Cc1cc2c(N3CCN(C(=O)c4ccco4)CC3)nc(-c3ccccc3)nc2s1. The van der Waals surface area contributed by atoms with Gasteiger partial charge in [-0.15, -0.1) is 11.3 Å². The quantitative estimate of drug-likeness (QED) is 0.512. The van der Waals surface area contributed by atoms with Crippen molar-refractivity contribution in [1.82, 2.24) is 14.9 Å². The molecule has 146 valence electrons. The van der Waals surface area contributed by atoms with E-state index in [2.05, 4.69) is 17.9 Å². The molecule has 1 aliphatic heterocycles. The number of thiophene rings is 1. The molecule has 0 N–H and O–H groups in total. The summed E-state index contributed by atoms with van der Waals surface area (Å²) in [6.07, 6.45) is 1.53. The number of nitrogens with zero attached hydrogens (tertiary/aromatic N) is 4. The molecule has 7 heteroatoms. The first-order valence-electron chi connectivity index (χ1n) is 9.60. The van der Waals surface area contributed by atoms with E-state index < -0.39 is 0 Å². The summed E-state index contributed by atoms with van der Waals surface area (Å²) in [6.45, 7) is 4.81. The molecule has 4 aromatic rings. The van der Waals surface area contributed by atoms with E-state index in [1.165, 1.54) is 11.1 Å². The highest BCUT2D eigenvalue weighted by molar-refractivity contribution is 7.18. The molecule has 1 amide bonds. The number of piperazine rings is 1. The van der Waals surface area contributed by atoms with Crippen LogP contribution in [0.3, 0.4) is 0 Å². The fourth-order valence-corrected chi connectivity index (χ4v) is 4.54. The van der Waals surface area contributed by atoms with E-state index in [1.54, 1.807) is 23.5 Å². The lowest BCUT2D eigenvalue weighted by Gasteiger charge is -2.35. The number of rotatable bonds is 3. The second-order valence-electron chi connectivity index (χ2n) is 7.07. The molecule has 4 heterocycles. The number of benzene rings is 1. The summed E-state index contributed by atoms with van der Waals surface area (Å²) in [5, 5.41) is 1.08. The van der Waals surface area contributed by atoms with E-state index in [0.29, 0.717) is 18.8 Å². The average Bonchev–Trinajstić information content (AvgIpc) is 3.42. The lowest BCUT2D eigenvalue weighted by molar-refractivity contribution is 0.0714. The minimum Gasteiger partial charge on any atom is -0.459 e. The number of fused-ring (bicyclic) bond motifs is 1. The van der Waals surface area contributed by atoms with Crippen molar-refractivity contribution >= 4 is 33.3 Å². The second kappa shape index (κ2) is 7.33. The number of carbonyl (C=O) groups is 1. The highest BCUT2D eigenvalue weighted by Crippen LogP contribution is 2.33. The zero-order valence-corrected chi connectivity index (χ0v) is 16.9. The molecule has 0 spiro atoms. The van der Waals surface area contributed by atoms with Crippen molar-refractivity contribution in [2.75, 3.05) is 31.1 Å². The van der Waals surface area contributed by atoms with Crippen molar-refractivity contribution in [2.24, 2.45) is 0 Å². The third-order valence-electron chi connectivity index (χ3n) is 5.13. The third kappa shape index (κ3) is 3.38. The van der Waals surface area contributed by atoms with Crippen molar-refractivity contribution < 1.29 is 9.21 Å². The van der Waals surface area contributed by atoms with Crippen molar-refractivity contribution in [2.45, 2.75) is 6.92 Å². The van der Waals surface area contributed by atoms with Gasteiger partial charge in [-0.3, -0.25) is 4.79 Å². The summed E-state index contributed by atoms with van der Waals surface area (Å²) in [6, 6.07) is 15.7. The standard InChI is InChI=1S/C22H20N4O2S/c1-15-14-17-20(23-19(24-21(17)29-15)16-6-3-2-4-7-16)25-9-11-26(12-10-25)22(27)18-8-5-13-28-18/h2-8,13-14H,9-12H2,1H3. The van der Waals surface area contributed by atoms with E-state index >= 15 is 0 Å². The maximum absolute atomic E-state index is 12.5. The van der Waals surface area contributed by atoms with Gasteiger partial charge in [-0.1, -0.05) is 30.3 Å². The molecule has 0 unspecified atom stereocenters. The number of aromatic nitrogens is 2. The van der Waals surface area contributed by atoms with Crippen LogP contribution >= 0.6 is 11.3 Å². The van der Waals surface area contributed by atoms with Gasteiger partial charge in [-0.2, -0.15) is 0 Å². The number of aryl methyl sites for hydroxylation is 1. The molecule has 0 bridgehead atoms. The number of furan rings is 1. The van der Waals surface area contributed by atoms with Gasteiger partial charge < -0.3 is 14.2 Å². The predicted molar refractivity (Wildman–Crippen MR) is 114 cm³/mol. The molecule has 6 nitrogen and oxygen atoms in total. The summed E-state index contributed by atoms with van der Waals surface area (Å²) < 4.78 is 5.26. The molecule has 0 radical (unpaired) electrons. The van der Waals surface area contributed by atoms with Crippen LogP contribution in [0.4, 0.5) is 5.82 Å². The Bertz CT molecular complexity index is 1150. The van der Waals surface area contributed by atoms with E-state index in [9.17, 15) is 4.79 Å². The highest BCUT2D eigenvalue weighted by Gasteiger charge is 2.26. The minimum atomic E-state index is -0.0566. The number of carbonyl (C=O) groups excluding carboxylic acids is 1. The van der Waals surface area contributed by atoms with Crippen molar-refractivity contribution in [3.63, 3.8) is 0 Å². The second-order valence-corrected chi connectivity index (χ2v) is 8.30. The first-order chi connectivity index (χ1) is 14.2. The molecule has 0 saturated carbocycles. The van der Waals surface area contributed by atoms with E-state index in [1.807, 2.05) is 35.2 Å². The van der Waals surface area contributed by atoms with Gasteiger partial charge >= 0.3 is 0 Å². The van der Waals surface area contributed by atoms with Crippen LogP contribution in [0.15, 0.2) is 59.2 Å². The van der Waals surface area contributed by atoms with Crippen LogP contribution in [0.25, 0.3) is 21.6 Å². The monoisotopic (exact) mass is 404 g/mol. The Morgan fingerprint density at radius 1 is 1.03 bits per heavy atom. The highest BCUT2D eigenvalue weighted by atomic mass is 32.1. The molecule has 5 rings (SSSR count). The summed E-state index contributed by atoms with van der Waals surface area (Å²) in [4.78, 5) is 28.6. The third-order valence-corrected chi connectivity index (χ3v) is 6.07. The molecule has 3 aromatic heterocycles. The van der Waals surface area contributed by atoms with Gasteiger partial charge in [0.25, 0.3) is 5.91 Å². The Labute approximate surface area is 172 Å². The van der Waals surface area contributed by atoms with Crippen molar-refractivity contribution in [3.05, 3.63) is 65.4 Å². The van der Waals surface area contributed by atoms with E-state index in [4.69, 9.17) is 14.4 Å². The largest absolute Gasteiger partial charge is 0.459 e. The van der Waals surface area contributed by atoms with Crippen LogP contribution in [0, 0.1) is 6.92 Å². The summed E-state index contributed by atoms with van der Waals surface area (Å²) in [5.74, 6) is 2.02.